The Hall–Kier alpha value is -2.44. The van der Waals surface area contributed by atoms with Gasteiger partial charge in [0.25, 0.3) is 5.69 Å². The van der Waals surface area contributed by atoms with E-state index in [1.165, 1.54) is 0 Å². The first kappa shape index (κ1) is 14.0. The van der Waals surface area contributed by atoms with Crippen LogP contribution in [0.5, 0.6) is 0 Å². The van der Waals surface area contributed by atoms with E-state index < -0.39 is 28.0 Å². The van der Waals surface area contributed by atoms with Crippen molar-refractivity contribution >= 4 is 17.3 Å². The van der Waals surface area contributed by atoms with Gasteiger partial charge in [-0.15, -0.1) is 6.58 Å². The van der Waals surface area contributed by atoms with Crippen LogP contribution < -0.4 is 4.90 Å². The van der Waals surface area contributed by atoms with Crippen molar-refractivity contribution in [3.63, 3.8) is 0 Å². The molecule has 0 spiro atoms. The van der Waals surface area contributed by atoms with E-state index in [2.05, 4.69) is 6.58 Å². The summed E-state index contributed by atoms with van der Waals surface area (Å²) in [6.07, 6.45) is 3.31. The van der Waals surface area contributed by atoms with Gasteiger partial charge in [-0.1, -0.05) is 6.08 Å². The molecule has 7 heteroatoms. The number of rotatable bonds is 6. The van der Waals surface area contributed by atoms with Gasteiger partial charge in [0, 0.05) is 24.7 Å². The predicted octanol–water partition coefficient (Wildman–Crippen LogP) is 2.59. The van der Waals surface area contributed by atoms with Gasteiger partial charge in [-0.3, -0.25) is 10.1 Å². The van der Waals surface area contributed by atoms with E-state index in [1.54, 1.807) is 11.0 Å². The number of nitro benzene ring substituents is 1. The molecule has 1 aromatic carbocycles. The Labute approximate surface area is 114 Å². The summed E-state index contributed by atoms with van der Waals surface area (Å²) >= 11 is 0. The molecular formula is C13H13FN2O4. The van der Waals surface area contributed by atoms with E-state index in [-0.39, 0.29) is 11.7 Å². The topological polar surface area (TPSA) is 83.7 Å². The Morgan fingerprint density at radius 2 is 2.25 bits per heavy atom. The lowest BCUT2D eigenvalue weighted by atomic mass is 10.1. The van der Waals surface area contributed by atoms with E-state index in [0.717, 1.165) is 25.0 Å². The second-order valence-corrected chi connectivity index (χ2v) is 4.56. The standard InChI is InChI=1S/C13H13FN2O4/c1-2-5-15(8-3-4-8)11-7-10(14)9(13(17)18)6-12(11)16(19)20/h2,6-8H,1,3-5H2,(H,17,18). The molecule has 0 aromatic heterocycles. The summed E-state index contributed by atoms with van der Waals surface area (Å²) in [6.45, 7) is 3.92. The summed E-state index contributed by atoms with van der Waals surface area (Å²) in [5.41, 5.74) is -1.01. The van der Waals surface area contributed by atoms with Crippen LogP contribution in [0, 0.1) is 15.9 Å². The number of nitro groups is 1. The molecule has 0 aliphatic heterocycles. The highest BCUT2D eigenvalue weighted by Crippen LogP contribution is 2.38. The highest BCUT2D eigenvalue weighted by molar-refractivity contribution is 5.90. The van der Waals surface area contributed by atoms with E-state index in [9.17, 15) is 19.3 Å². The Bertz CT molecular complexity index is 584. The molecule has 6 nitrogen and oxygen atoms in total. The number of benzene rings is 1. The van der Waals surface area contributed by atoms with Gasteiger partial charge >= 0.3 is 5.97 Å². The van der Waals surface area contributed by atoms with Crippen LogP contribution in [0.25, 0.3) is 0 Å². The van der Waals surface area contributed by atoms with Crippen LogP contribution in [0.4, 0.5) is 15.8 Å². The number of hydrogen-bond acceptors (Lipinski definition) is 4. The molecule has 1 aliphatic carbocycles. The zero-order chi connectivity index (χ0) is 14.9. The van der Waals surface area contributed by atoms with Crippen molar-refractivity contribution in [2.45, 2.75) is 18.9 Å². The van der Waals surface area contributed by atoms with Gasteiger partial charge in [-0.2, -0.15) is 0 Å². The SMILES string of the molecule is C=CCN(c1cc(F)c(C(=O)O)cc1[N+](=O)[O-])C1CC1. The molecule has 106 valence electrons. The van der Waals surface area contributed by atoms with E-state index >= 15 is 0 Å². The summed E-state index contributed by atoms with van der Waals surface area (Å²) in [5.74, 6) is -2.51. The monoisotopic (exact) mass is 280 g/mol. The van der Waals surface area contributed by atoms with E-state index in [4.69, 9.17) is 5.11 Å². The average Bonchev–Trinajstić information content (AvgIpc) is 3.19. The fourth-order valence-electron chi connectivity index (χ4n) is 2.06. The second kappa shape index (κ2) is 5.28. The zero-order valence-electron chi connectivity index (χ0n) is 10.6. The molecule has 0 saturated heterocycles. The fraction of sp³-hybridized carbons (Fsp3) is 0.308. The third-order valence-corrected chi connectivity index (χ3v) is 3.11. The lowest BCUT2D eigenvalue weighted by molar-refractivity contribution is -0.384. The molecule has 20 heavy (non-hydrogen) atoms. The van der Waals surface area contributed by atoms with Gasteiger partial charge in [0.1, 0.15) is 17.1 Å². The van der Waals surface area contributed by atoms with Crippen LogP contribution in [0.1, 0.15) is 23.2 Å². The quantitative estimate of drug-likeness (QED) is 0.492. The van der Waals surface area contributed by atoms with Crippen molar-refractivity contribution in [3.8, 4) is 0 Å². The van der Waals surface area contributed by atoms with Crippen LogP contribution in [-0.4, -0.2) is 28.6 Å². The summed E-state index contributed by atoms with van der Waals surface area (Å²) in [7, 11) is 0. The maximum Gasteiger partial charge on any atom is 0.338 e. The number of nitrogens with zero attached hydrogens (tertiary/aromatic N) is 2. The van der Waals surface area contributed by atoms with Gasteiger partial charge in [-0.25, -0.2) is 9.18 Å². The first-order valence-corrected chi connectivity index (χ1v) is 6.04. The highest BCUT2D eigenvalue weighted by Gasteiger charge is 2.33. The summed E-state index contributed by atoms with van der Waals surface area (Å²) in [4.78, 5) is 22.9. The van der Waals surface area contributed by atoms with Crippen molar-refractivity contribution in [2.24, 2.45) is 0 Å². The normalized spacial score (nSPS) is 13.8. The minimum atomic E-state index is -1.53. The van der Waals surface area contributed by atoms with Crippen molar-refractivity contribution in [2.75, 3.05) is 11.4 Å². The molecule has 0 bridgehead atoms. The second-order valence-electron chi connectivity index (χ2n) is 4.56. The lowest BCUT2D eigenvalue weighted by Gasteiger charge is -2.23. The Balaban J connectivity index is 2.55. The number of aromatic carboxylic acids is 1. The minimum Gasteiger partial charge on any atom is -0.478 e. The first-order chi connectivity index (χ1) is 9.45. The van der Waals surface area contributed by atoms with Gasteiger partial charge in [-0.05, 0) is 12.8 Å². The maximum absolute atomic E-state index is 13.8. The summed E-state index contributed by atoms with van der Waals surface area (Å²) in [5, 5.41) is 19.9. The molecule has 0 atom stereocenters. The Morgan fingerprint density at radius 3 is 2.70 bits per heavy atom. The molecule has 0 amide bonds. The summed E-state index contributed by atoms with van der Waals surface area (Å²) < 4.78 is 13.8. The highest BCUT2D eigenvalue weighted by atomic mass is 19.1. The van der Waals surface area contributed by atoms with Crippen LogP contribution in [-0.2, 0) is 0 Å². The van der Waals surface area contributed by atoms with Gasteiger partial charge in [0.15, 0.2) is 0 Å². The van der Waals surface area contributed by atoms with Crippen LogP contribution in [0.15, 0.2) is 24.8 Å². The zero-order valence-corrected chi connectivity index (χ0v) is 10.6. The maximum atomic E-state index is 13.8. The van der Waals surface area contributed by atoms with Gasteiger partial charge in [0.05, 0.1) is 4.92 Å². The lowest BCUT2D eigenvalue weighted by Crippen LogP contribution is -2.26. The molecule has 1 aromatic rings. The molecule has 1 fully saturated rings. The third-order valence-electron chi connectivity index (χ3n) is 3.11. The number of hydrogen-bond donors (Lipinski definition) is 1. The predicted molar refractivity (Wildman–Crippen MR) is 70.6 cm³/mol. The van der Waals surface area contributed by atoms with Crippen LogP contribution >= 0.6 is 0 Å². The Kier molecular flexibility index (Phi) is 3.69. The van der Waals surface area contributed by atoms with Gasteiger partial charge in [0.2, 0.25) is 0 Å². The number of halogens is 1. The van der Waals surface area contributed by atoms with Gasteiger partial charge < -0.3 is 10.0 Å². The Morgan fingerprint density at radius 1 is 1.60 bits per heavy atom. The largest absolute Gasteiger partial charge is 0.478 e. The van der Waals surface area contributed by atoms with Crippen LogP contribution in [0.2, 0.25) is 0 Å². The molecule has 0 radical (unpaired) electrons. The minimum absolute atomic E-state index is 0.0971. The third kappa shape index (κ3) is 2.61. The molecular weight excluding hydrogens is 267 g/mol. The van der Waals surface area contributed by atoms with E-state index in [1.807, 2.05) is 0 Å². The average molecular weight is 280 g/mol. The molecule has 0 heterocycles. The first-order valence-electron chi connectivity index (χ1n) is 6.04. The van der Waals surface area contributed by atoms with E-state index in [0.29, 0.717) is 6.54 Å². The number of carboxylic acids is 1. The van der Waals surface area contributed by atoms with Crippen molar-refractivity contribution in [3.05, 3.63) is 46.3 Å². The molecule has 0 unspecified atom stereocenters. The molecule has 2 rings (SSSR count). The smallest absolute Gasteiger partial charge is 0.338 e. The van der Waals surface area contributed by atoms with Crippen molar-refractivity contribution in [1.29, 1.82) is 0 Å². The van der Waals surface area contributed by atoms with Crippen molar-refractivity contribution in [1.82, 2.24) is 0 Å². The number of anilines is 1. The number of carboxylic acid groups (broad SMARTS) is 1. The fourth-order valence-corrected chi connectivity index (χ4v) is 2.06. The molecule has 1 saturated carbocycles. The molecule has 1 N–H and O–H groups in total. The summed E-state index contributed by atoms with van der Waals surface area (Å²) in [6, 6.07) is 1.80. The number of carbonyl (C=O) groups is 1. The molecule has 1 aliphatic rings. The van der Waals surface area contributed by atoms with Crippen molar-refractivity contribution < 1.29 is 19.2 Å². The van der Waals surface area contributed by atoms with Crippen LogP contribution in [0.3, 0.4) is 0 Å².